The van der Waals surface area contributed by atoms with Crippen LogP contribution in [0.4, 0.5) is 19.5 Å². The van der Waals surface area contributed by atoms with E-state index in [0.717, 1.165) is 18.7 Å². The molecule has 1 aromatic rings. The van der Waals surface area contributed by atoms with Gasteiger partial charge in [-0.2, -0.15) is 8.78 Å². The van der Waals surface area contributed by atoms with Crippen LogP contribution in [0, 0.1) is 0 Å². The Morgan fingerprint density at radius 1 is 1.20 bits per heavy atom. The van der Waals surface area contributed by atoms with Gasteiger partial charge in [0.25, 0.3) is 5.92 Å². The van der Waals surface area contributed by atoms with E-state index in [2.05, 4.69) is 4.98 Å². The minimum absolute atomic E-state index is 0.0246. The van der Waals surface area contributed by atoms with Gasteiger partial charge in [-0.15, -0.1) is 0 Å². The topological polar surface area (TPSA) is 69.6 Å². The van der Waals surface area contributed by atoms with Gasteiger partial charge in [-0.3, -0.25) is 0 Å². The Bertz CT molecular complexity index is 704. The summed E-state index contributed by atoms with van der Waals surface area (Å²) < 4.78 is 28.6. The number of amides is 1. The Hall–Kier alpha value is -1.99. The third-order valence-electron chi connectivity index (χ3n) is 5.79. The zero-order valence-electron chi connectivity index (χ0n) is 14.2. The molecule has 1 atom stereocenters. The van der Waals surface area contributed by atoms with Crippen molar-refractivity contribution >= 4 is 12.0 Å². The van der Waals surface area contributed by atoms with Crippen LogP contribution in [-0.4, -0.2) is 51.7 Å². The third kappa shape index (κ3) is 2.71. The first-order valence-electron chi connectivity index (χ1n) is 8.90. The number of hydrogen-bond acceptors (Lipinski definition) is 4. The standard InChI is InChI=1S/C17H22F2N4O2/c1-10-3-9-23(10)15-20-13(11-4-7-22(8-5-11)16(24)25)12-2-6-17(18,19)14(12)21-15/h10-11H,2-9H2,1H3,(H,24,25)/t10-/m0/s1. The van der Waals surface area contributed by atoms with E-state index >= 15 is 0 Å². The first kappa shape index (κ1) is 16.5. The van der Waals surface area contributed by atoms with Gasteiger partial charge in [0, 0.05) is 43.6 Å². The molecule has 1 aliphatic carbocycles. The van der Waals surface area contributed by atoms with Crippen molar-refractivity contribution in [3.8, 4) is 0 Å². The summed E-state index contributed by atoms with van der Waals surface area (Å²) in [7, 11) is 0. The Morgan fingerprint density at radius 3 is 2.48 bits per heavy atom. The van der Waals surface area contributed by atoms with Crippen LogP contribution >= 0.6 is 0 Å². The van der Waals surface area contributed by atoms with Crippen molar-refractivity contribution in [2.75, 3.05) is 24.5 Å². The van der Waals surface area contributed by atoms with Crippen molar-refractivity contribution in [3.05, 3.63) is 17.0 Å². The molecule has 4 rings (SSSR count). The molecule has 0 aromatic carbocycles. The quantitative estimate of drug-likeness (QED) is 0.886. The highest BCUT2D eigenvalue weighted by Gasteiger charge is 2.45. The van der Waals surface area contributed by atoms with Crippen molar-refractivity contribution in [1.29, 1.82) is 0 Å². The molecule has 0 radical (unpaired) electrons. The molecule has 0 unspecified atom stereocenters. The monoisotopic (exact) mass is 352 g/mol. The van der Waals surface area contributed by atoms with Crippen molar-refractivity contribution < 1.29 is 18.7 Å². The van der Waals surface area contributed by atoms with Crippen LogP contribution in [-0.2, 0) is 12.3 Å². The van der Waals surface area contributed by atoms with Gasteiger partial charge >= 0.3 is 6.09 Å². The van der Waals surface area contributed by atoms with Crippen molar-refractivity contribution in [3.63, 3.8) is 0 Å². The Labute approximate surface area is 144 Å². The average molecular weight is 352 g/mol. The van der Waals surface area contributed by atoms with Crippen LogP contribution < -0.4 is 4.90 Å². The molecule has 25 heavy (non-hydrogen) atoms. The number of halogens is 2. The molecular formula is C17H22F2N4O2. The Morgan fingerprint density at radius 2 is 1.92 bits per heavy atom. The SMILES string of the molecule is C[C@H]1CCN1c1nc(C2CCN(C(=O)O)CC2)c2c(n1)C(F)(F)CC2. The van der Waals surface area contributed by atoms with Gasteiger partial charge < -0.3 is 14.9 Å². The van der Waals surface area contributed by atoms with E-state index in [1.54, 1.807) is 0 Å². The normalized spacial score (nSPS) is 25.6. The maximum atomic E-state index is 14.3. The highest BCUT2D eigenvalue weighted by atomic mass is 19.3. The molecule has 1 amide bonds. The lowest BCUT2D eigenvalue weighted by Crippen LogP contribution is -2.47. The summed E-state index contributed by atoms with van der Waals surface area (Å²) in [6, 6.07) is 0.273. The Kier molecular flexibility index (Phi) is 3.81. The summed E-state index contributed by atoms with van der Waals surface area (Å²) in [6.45, 7) is 3.68. The van der Waals surface area contributed by atoms with Gasteiger partial charge in [-0.05, 0) is 32.6 Å². The number of fused-ring (bicyclic) bond motifs is 1. The largest absolute Gasteiger partial charge is 0.465 e. The van der Waals surface area contributed by atoms with Crippen LogP contribution in [0.15, 0.2) is 0 Å². The van der Waals surface area contributed by atoms with E-state index in [0.29, 0.717) is 43.9 Å². The fourth-order valence-electron chi connectivity index (χ4n) is 4.06. The summed E-state index contributed by atoms with van der Waals surface area (Å²) in [5.41, 5.74) is 1.21. The van der Waals surface area contributed by atoms with Crippen molar-refractivity contribution in [2.45, 2.75) is 56.9 Å². The Balaban J connectivity index is 1.68. The predicted molar refractivity (Wildman–Crippen MR) is 87.2 cm³/mol. The minimum Gasteiger partial charge on any atom is -0.465 e. The molecule has 3 aliphatic rings. The maximum absolute atomic E-state index is 14.3. The molecule has 2 saturated heterocycles. The van der Waals surface area contributed by atoms with Crippen molar-refractivity contribution in [1.82, 2.24) is 14.9 Å². The van der Waals surface area contributed by atoms with Crippen molar-refractivity contribution in [2.24, 2.45) is 0 Å². The highest BCUT2D eigenvalue weighted by Crippen LogP contribution is 2.45. The smallest absolute Gasteiger partial charge is 0.407 e. The summed E-state index contributed by atoms with van der Waals surface area (Å²) in [5, 5.41) is 9.10. The first-order chi connectivity index (χ1) is 11.9. The molecule has 0 saturated carbocycles. The predicted octanol–water partition coefficient (Wildman–Crippen LogP) is 2.97. The molecule has 136 valence electrons. The van der Waals surface area contributed by atoms with E-state index < -0.39 is 12.0 Å². The maximum Gasteiger partial charge on any atom is 0.407 e. The number of nitrogens with zero attached hydrogens (tertiary/aromatic N) is 4. The van der Waals surface area contributed by atoms with Crippen LogP contribution in [0.3, 0.4) is 0 Å². The lowest BCUT2D eigenvalue weighted by atomic mass is 9.90. The van der Waals surface area contributed by atoms with Gasteiger partial charge in [0.05, 0.1) is 5.69 Å². The van der Waals surface area contributed by atoms with Crippen LogP contribution in [0.2, 0.25) is 0 Å². The summed E-state index contributed by atoms with van der Waals surface area (Å²) in [5.74, 6) is -2.45. The number of carbonyl (C=O) groups is 1. The lowest BCUT2D eigenvalue weighted by Gasteiger charge is -2.39. The summed E-state index contributed by atoms with van der Waals surface area (Å²) >= 11 is 0. The average Bonchev–Trinajstić information content (AvgIpc) is 2.88. The number of rotatable bonds is 2. The van der Waals surface area contributed by atoms with E-state index in [4.69, 9.17) is 10.1 Å². The molecule has 1 N–H and O–H groups in total. The first-order valence-corrected chi connectivity index (χ1v) is 8.90. The van der Waals surface area contributed by atoms with Crippen LogP contribution in [0.1, 0.15) is 55.5 Å². The fourth-order valence-corrected chi connectivity index (χ4v) is 4.06. The second kappa shape index (κ2) is 5.78. The molecule has 6 nitrogen and oxygen atoms in total. The molecular weight excluding hydrogens is 330 g/mol. The molecule has 8 heteroatoms. The number of piperidine rings is 1. The van der Waals surface area contributed by atoms with E-state index in [1.807, 2.05) is 11.8 Å². The summed E-state index contributed by atoms with van der Waals surface area (Å²) in [4.78, 5) is 23.4. The third-order valence-corrected chi connectivity index (χ3v) is 5.79. The molecule has 2 fully saturated rings. The number of likely N-dealkylation sites (tertiary alicyclic amines) is 1. The number of hydrogen-bond donors (Lipinski definition) is 1. The van der Waals surface area contributed by atoms with Gasteiger partial charge in [-0.1, -0.05) is 0 Å². The van der Waals surface area contributed by atoms with E-state index in [-0.39, 0.29) is 24.1 Å². The number of alkyl halides is 2. The second-order valence-electron chi connectivity index (χ2n) is 7.32. The number of carboxylic acid groups (broad SMARTS) is 1. The van der Waals surface area contributed by atoms with E-state index in [1.165, 1.54) is 4.90 Å². The molecule has 0 bridgehead atoms. The van der Waals surface area contributed by atoms with E-state index in [9.17, 15) is 13.6 Å². The number of anilines is 1. The van der Waals surface area contributed by atoms with Gasteiger partial charge in [0.1, 0.15) is 5.69 Å². The molecule has 2 aliphatic heterocycles. The lowest BCUT2D eigenvalue weighted by molar-refractivity contribution is -0.00598. The van der Waals surface area contributed by atoms with Crippen LogP contribution in [0.5, 0.6) is 0 Å². The summed E-state index contributed by atoms with van der Waals surface area (Å²) in [6.07, 6.45) is 1.42. The molecule has 3 heterocycles. The molecule has 0 spiro atoms. The highest BCUT2D eigenvalue weighted by molar-refractivity contribution is 5.65. The van der Waals surface area contributed by atoms with Crippen LogP contribution in [0.25, 0.3) is 0 Å². The zero-order chi connectivity index (χ0) is 17.8. The molecule has 1 aromatic heterocycles. The van der Waals surface area contributed by atoms with Gasteiger partial charge in [0.15, 0.2) is 0 Å². The zero-order valence-corrected chi connectivity index (χ0v) is 14.2. The number of aromatic nitrogens is 2. The van der Waals surface area contributed by atoms with Gasteiger partial charge in [-0.25, -0.2) is 14.8 Å². The van der Waals surface area contributed by atoms with Gasteiger partial charge in [0.2, 0.25) is 5.95 Å². The minimum atomic E-state index is -2.89. The fraction of sp³-hybridized carbons (Fsp3) is 0.706. The second-order valence-corrected chi connectivity index (χ2v) is 7.32.